The monoisotopic (exact) mass is 473 g/mol. The molecule has 4 rings (SSSR count). The highest BCUT2D eigenvalue weighted by atomic mass is 19.3. The maximum Gasteiger partial charge on any atom is 0.335 e. The Hall–Kier alpha value is -3.49. The van der Waals surface area contributed by atoms with Crippen LogP contribution in [0.4, 0.5) is 8.78 Å². The number of hydrogen-bond donors (Lipinski definition) is 1. The van der Waals surface area contributed by atoms with Crippen LogP contribution in [0.25, 0.3) is 0 Å². The lowest BCUT2D eigenvalue weighted by Gasteiger charge is -2.38. The summed E-state index contributed by atoms with van der Waals surface area (Å²) in [7, 11) is 1.42. The number of carboxylic acids is 1. The number of carbonyl (C=O) groups excluding carboxylic acids is 1. The number of fused-ring (bicyclic) bond motifs is 3. The lowest BCUT2D eigenvalue weighted by atomic mass is 9.74. The molecule has 9 heteroatoms. The van der Waals surface area contributed by atoms with Crippen molar-refractivity contribution in [3.8, 4) is 11.5 Å². The standard InChI is InChI=1S/C25H25F2NO6/c1-13(29)34-16-6-7-20-18(9-16)17-10-22(33-12-23(26)27)21(32-2)11-19(17)24(28-20)14-4-3-5-15(8-14)25(30)31/h3-5,8,10-11,16,18,20,23H,6-7,9,12H2,1-2H3,(H,30,31). The van der Waals surface area contributed by atoms with Crippen LogP contribution in [0.1, 0.15) is 59.2 Å². The Morgan fingerprint density at radius 3 is 2.65 bits per heavy atom. The predicted octanol–water partition coefficient (Wildman–Crippen LogP) is 4.46. The van der Waals surface area contributed by atoms with Gasteiger partial charge in [0.15, 0.2) is 11.5 Å². The highest BCUT2D eigenvalue weighted by Crippen LogP contribution is 2.45. The number of hydrogen-bond acceptors (Lipinski definition) is 6. The number of halogens is 2. The summed E-state index contributed by atoms with van der Waals surface area (Å²) in [5.41, 5.74) is 2.88. The summed E-state index contributed by atoms with van der Waals surface area (Å²) in [4.78, 5) is 28.0. The summed E-state index contributed by atoms with van der Waals surface area (Å²) < 4.78 is 41.9. The number of ether oxygens (including phenoxy) is 3. The van der Waals surface area contributed by atoms with Crippen molar-refractivity contribution in [1.82, 2.24) is 0 Å². The van der Waals surface area contributed by atoms with E-state index < -0.39 is 19.0 Å². The van der Waals surface area contributed by atoms with Crippen LogP contribution in [0.3, 0.4) is 0 Å². The molecule has 0 bridgehead atoms. The van der Waals surface area contributed by atoms with Crippen molar-refractivity contribution in [2.75, 3.05) is 13.7 Å². The van der Waals surface area contributed by atoms with Crippen molar-refractivity contribution >= 4 is 17.7 Å². The van der Waals surface area contributed by atoms with Gasteiger partial charge in [0.05, 0.1) is 24.4 Å². The molecule has 2 aromatic rings. The quantitative estimate of drug-likeness (QED) is 0.597. The topological polar surface area (TPSA) is 94.4 Å². The van der Waals surface area contributed by atoms with Crippen LogP contribution in [0.15, 0.2) is 41.4 Å². The molecule has 3 atom stereocenters. The molecule has 7 nitrogen and oxygen atoms in total. The number of alkyl halides is 2. The normalized spacial score (nSPS) is 21.2. The Kier molecular flexibility index (Phi) is 6.81. The zero-order valence-electron chi connectivity index (χ0n) is 18.8. The number of carbonyl (C=O) groups is 2. The van der Waals surface area contributed by atoms with Gasteiger partial charge in [0.25, 0.3) is 6.43 Å². The van der Waals surface area contributed by atoms with E-state index in [0.29, 0.717) is 36.1 Å². The van der Waals surface area contributed by atoms with Gasteiger partial charge in [0, 0.05) is 24.0 Å². The van der Waals surface area contributed by atoms with E-state index in [1.54, 1.807) is 30.3 Å². The molecule has 1 heterocycles. The molecule has 1 saturated carbocycles. The number of methoxy groups -OCH3 is 1. The van der Waals surface area contributed by atoms with Crippen molar-refractivity contribution in [2.45, 2.75) is 50.7 Å². The molecule has 0 spiro atoms. The van der Waals surface area contributed by atoms with Gasteiger partial charge in [-0.3, -0.25) is 9.79 Å². The largest absolute Gasteiger partial charge is 0.493 e. The van der Waals surface area contributed by atoms with Crippen molar-refractivity contribution in [3.63, 3.8) is 0 Å². The fraction of sp³-hybridized carbons (Fsp3) is 0.400. The smallest absolute Gasteiger partial charge is 0.335 e. The van der Waals surface area contributed by atoms with Crippen molar-refractivity contribution in [1.29, 1.82) is 0 Å². The van der Waals surface area contributed by atoms with Crippen LogP contribution < -0.4 is 9.47 Å². The fourth-order valence-electron chi connectivity index (χ4n) is 4.72. The molecule has 3 unspecified atom stereocenters. The zero-order chi connectivity index (χ0) is 24.4. The zero-order valence-corrected chi connectivity index (χ0v) is 18.8. The van der Waals surface area contributed by atoms with E-state index in [1.165, 1.54) is 20.1 Å². The third kappa shape index (κ3) is 4.88. The van der Waals surface area contributed by atoms with Gasteiger partial charge in [0.1, 0.15) is 12.7 Å². The van der Waals surface area contributed by atoms with Gasteiger partial charge >= 0.3 is 11.9 Å². The second-order valence-corrected chi connectivity index (χ2v) is 8.37. The van der Waals surface area contributed by atoms with Crippen molar-refractivity contribution in [3.05, 3.63) is 58.7 Å². The molecule has 1 fully saturated rings. The third-order valence-electron chi connectivity index (χ3n) is 6.13. The van der Waals surface area contributed by atoms with Gasteiger partial charge in [-0.25, -0.2) is 13.6 Å². The summed E-state index contributed by atoms with van der Waals surface area (Å²) in [6.07, 6.45) is -1.08. The molecule has 1 aliphatic heterocycles. The summed E-state index contributed by atoms with van der Waals surface area (Å²) in [6.45, 7) is 0.592. The SMILES string of the molecule is COc1cc2c(cc1OCC(F)F)C1CC(OC(C)=O)CCC1N=C2c1cccc(C(=O)O)c1. The molecule has 2 aliphatic rings. The van der Waals surface area contributed by atoms with Gasteiger partial charge in [-0.15, -0.1) is 0 Å². The van der Waals surface area contributed by atoms with Crippen LogP contribution >= 0.6 is 0 Å². The molecule has 180 valence electrons. The number of aliphatic imine (C=N–C) groups is 1. The number of benzene rings is 2. The van der Waals surface area contributed by atoms with Gasteiger partial charge in [-0.05, 0) is 49.1 Å². The van der Waals surface area contributed by atoms with Gasteiger partial charge in [-0.2, -0.15) is 0 Å². The molecule has 0 saturated heterocycles. The highest BCUT2D eigenvalue weighted by molar-refractivity contribution is 6.15. The molecule has 0 radical (unpaired) electrons. The number of esters is 1. The Labute approximate surface area is 195 Å². The van der Waals surface area contributed by atoms with Crippen molar-refractivity contribution < 1.29 is 37.7 Å². The number of nitrogens with zero attached hydrogens (tertiary/aromatic N) is 1. The predicted molar refractivity (Wildman–Crippen MR) is 119 cm³/mol. The van der Waals surface area contributed by atoms with Crippen LogP contribution in [0.2, 0.25) is 0 Å². The second-order valence-electron chi connectivity index (χ2n) is 8.37. The van der Waals surface area contributed by atoms with Gasteiger partial charge < -0.3 is 19.3 Å². The first-order chi connectivity index (χ1) is 16.3. The summed E-state index contributed by atoms with van der Waals surface area (Å²) in [5.74, 6) is -1.07. The lowest BCUT2D eigenvalue weighted by Crippen LogP contribution is -2.36. The Bertz CT molecular complexity index is 1130. The van der Waals surface area contributed by atoms with E-state index in [9.17, 15) is 23.5 Å². The molecule has 0 aromatic heterocycles. The van der Waals surface area contributed by atoms with E-state index in [2.05, 4.69) is 0 Å². The maximum atomic E-state index is 12.8. The molecular formula is C25H25F2NO6. The Balaban J connectivity index is 1.82. The highest BCUT2D eigenvalue weighted by Gasteiger charge is 2.39. The fourth-order valence-corrected chi connectivity index (χ4v) is 4.72. The summed E-state index contributed by atoms with van der Waals surface area (Å²) >= 11 is 0. The van der Waals surface area contributed by atoms with E-state index in [1.807, 2.05) is 0 Å². The minimum atomic E-state index is -2.65. The van der Waals surface area contributed by atoms with E-state index >= 15 is 0 Å². The maximum absolute atomic E-state index is 12.8. The first-order valence-corrected chi connectivity index (χ1v) is 11.0. The van der Waals surface area contributed by atoms with Crippen LogP contribution in [0.5, 0.6) is 11.5 Å². The molecule has 1 N–H and O–H groups in total. The minimum absolute atomic E-state index is 0.126. The minimum Gasteiger partial charge on any atom is -0.493 e. The van der Waals surface area contributed by atoms with Crippen molar-refractivity contribution in [2.24, 2.45) is 4.99 Å². The van der Waals surface area contributed by atoms with E-state index in [-0.39, 0.29) is 41.1 Å². The molecule has 2 aromatic carbocycles. The average molecular weight is 473 g/mol. The second kappa shape index (κ2) is 9.79. The first kappa shape index (κ1) is 23.7. The third-order valence-corrected chi connectivity index (χ3v) is 6.13. The van der Waals surface area contributed by atoms with Crippen LogP contribution in [-0.2, 0) is 9.53 Å². The van der Waals surface area contributed by atoms with Crippen LogP contribution in [0, 0.1) is 0 Å². The number of carboxylic acid groups (broad SMARTS) is 1. The Morgan fingerprint density at radius 1 is 1.18 bits per heavy atom. The van der Waals surface area contributed by atoms with E-state index in [4.69, 9.17) is 19.2 Å². The number of rotatable bonds is 7. The summed E-state index contributed by atoms with van der Waals surface area (Å²) in [5, 5.41) is 9.43. The summed E-state index contributed by atoms with van der Waals surface area (Å²) in [6, 6.07) is 9.75. The van der Waals surface area contributed by atoms with Gasteiger partial charge in [0.2, 0.25) is 0 Å². The molecule has 1 aliphatic carbocycles. The first-order valence-electron chi connectivity index (χ1n) is 11.0. The molecule has 34 heavy (non-hydrogen) atoms. The Morgan fingerprint density at radius 2 is 1.97 bits per heavy atom. The van der Waals surface area contributed by atoms with E-state index in [0.717, 1.165) is 5.56 Å². The average Bonchev–Trinajstić information content (AvgIpc) is 2.81. The van der Waals surface area contributed by atoms with Crippen LogP contribution in [-0.4, -0.2) is 55.0 Å². The van der Waals surface area contributed by atoms with Gasteiger partial charge in [-0.1, -0.05) is 12.1 Å². The molecule has 0 amide bonds. The molecular weight excluding hydrogens is 448 g/mol. The number of aromatic carboxylic acids is 1. The lowest BCUT2D eigenvalue weighted by molar-refractivity contribution is -0.148.